The van der Waals surface area contributed by atoms with E-state index < -0.39 is 0 Å². The Kier molecular flexibility index (Phi) is 4.41. The van der Waals surface area contributed by atoms with Crippen LogP contribution in [0.1, 0.15) is 30.3 Å². The van der Waals surface area contributed by atoms with Gasteiger partial charge in [-0.3, -0.25) is 4.79 Å². The van der Waals surface area contributed by atoms with Crippen LogP contribution in [0.15, 0.2) is 29.7 Å². The highest BCUT2D eigenvalue weighted by Crippen LogP contribution is 2.25. The zero-order valence-corrected chi connectivity index (χ0v) is 13.0. The van der Waals surface area contributed by atoms with Crippen LogP contribution in [0.3, 0.4) is 0 Å². The smallest absolute Gasteiger partial charge is 0.268 e. The van der Waals surface area contributed by atoms with E-state index in [9.17, 15) is 4.79 Å². The van der Waals surface area contributed by atoms with Gasteiger partial charge in [0.15, 0.2) is 0 Å². The van der Waals surface area contributed by atoms with E-state index in [1.54, 1.807) is 11.3 Å². The van der Waals surface area contributed by atoms with Crippen LogP contribution in [0.2, 0.25) is 0 Å². The molecule has 112 valence electrons. The molecule has 3 heterocycles. The van der Waals surface area contributed by atoms with Crippen LogP contribution in [0.5, 0.6) is 0 Å². The zero-order valence-electron chi connectivity index (χ0n) is 12.2. The summed E-state index contributed by atoms with van der Waals surface area (Å²) in [5.41, 5.74) is 1.85. The van der Waals surface area contributed by atoms with Gasteiger partial charge in [-0.05, 0) is 37.3 Å². The average Bonchev–Trinajstić information content (AvgIpc) is 3.19. The number of carbonyl (C=O) groups is 1. The van der Waals surface area contributed by atoms with E-state index in [2.05, 4.69) is 27.4 Å². The van der Waals surface area contributed by atoms with Crippen LogP contribution in [-0.4, -0.2) is 29.7 Å². The van der Waals surface area contributed by atoms with Gasteiger partial charge in [0.1, 0.15) is 5.69 Å². The standard InChI is InChI=1S/C16H20N2O2S/c1-2-3-7-18-13-6-9-21-15(13)10-14(18)16(19)17-11-12-5-4-8-20-12/h2-3,6,9-10,12H,4-5,7-8,11H2,1H3,(H,17,19). The van der Waals surface area contributed by atoms with E-state index in [0.717, 1.165) is 41.9 Å². The Balaban J connectivity index is 1.77. The molecule has 1 aliphatic heterocycles. The molecule has 0 saturated carbocycles. The van der Waals surface area contributed by atoms with Crippen molar-refractivity contribution < 1.29 is 9.53 Å². The van der Waals surface area contributed by atoms with E-state index in [1.165, 1.54) is 0 Å². The molecule has 1 fully saturated rings. The molecule has 4 nitrogen and oxygen atoms in total. The van der Waals surface area contributed by atoms with Crippen LogP contribution in [0.4, 0.5) is 0 Å². The molecule has 0 aliphatic carbocycles. The highest BCUT2D eigenvalue weighted by Gasteiger charge is 2.19. The lowest BCUT2D eigenvalue weighted by Gasteiger charge is -2.12. The number of nitrogens with one attached hydrogen (secondary N) is 1. The van der Waals surface area contributed by atoms with Crippen molar-refractivity contribution in [3.63, 3.8) is 0 Å². The number of hydrogen-bond donors (Lipinski definition) is 1. The SMILES string of the molecule is CC=CCn1c(C(=O)NCC2CCCO2)cc2sccc21. The monoisotopic (exact) mass is 304 g/mol. The van der Waals surface area contributed by atoms with Crippen molar-refractivity contribution in [1.29, 1.82) is 0 Å². The predicted molar refractivity (Wildman–Crippen MR) is 85.9 cm³/mol. The van der Waals surface area contributed by atoms with Crippen LogP contribution in [0.25, 0.3) is 10.2 Å². The summed E-state index contributed by atoms with van der Waals surface area (Å²) in [6.45, 7) is 4.13. The molecule has 0 radical (unpaired) electrons. The molecule has 2 aromatic heterocycles. The number of aromatic nitrogens is 1. The third-order valence-corrected chi connectivity index (χ3v) is 4.65. The quantitative estimate of drug-likeness (QED) is 0.862. The highest BCUT2D eigenvalue weighted by atomic mass is 32.1. The Labute approximate surface area is 128 Å². The Morgan fingerprint density at radius 2 is 2.52 bits per heavy atom. The summed E-state index contributed by atoms with van der Waals surface area (Å²) in [5.74, 6) is -0.0154. The van der Waals surface area contributed by atoms with Crippen LogP contribution in [-0.2, 0) is 11.3 Å². The number of ether oxygens (including phenoxy) is 1. The number of rotatable bonds is 5. The lowest BCUT2D eigenvalue weighted by molar-refractivity contribution is 0.0851. The van der Waals surface area contributed by atoms with Gasteiger partial charge in [0, 0.05) is 19.7 Å². The first-order valence-corrected chi connectivity index (χ1v) is 8.25. The molecule has 1 aliphatic rings. The van der Waals surface area contributed by atoms with Gasteiger partial charge >= 0.3 is 0 Å². The minimum atomic E-state index is -0.0154. The average molecular weight is 304 g/mol. The third-order valence-electron chi connectivity index (χ3n) is 3.79. The second-order valence-electron chi connectivity index (χ2n) is 5.22. The first-order valence-electron chi connectivity index (χ1n) is 7.37. The van der Waals surface area contributed by atoms with Gasteiger partial charge in [-0.2, -0.15) is 0 Å². The van der Waals surface area contributed by atoms with Crippen molar-refractivity contribution in [1.82, 2.24) is 9.88 Å². The summed E-state index contributed by atoms with van der Waals surface area (Å²) < 4.78 is 8.77. The summed E-state index contributed by atoms with van der Waals surface area (Å²) in [7, 11) is 0. The molecule has 1 saturated heterocycles. The summed E-state index contributed by atoms with van der Waals surface area (Å²) >= 11 is 1.67. The summed E-state index contributed by atoms with van der Waals surface area (Å²) in [5, 5.41) is 5.06. The second-order valence-corrected chi connectivity index (χ2v) is 6.17. The van der Waals surface area contributed by atoms with Crippen molar-refractivity contribution in [3.8, 4) is 0 Å². The van der Waals surface area contributed by atoms with Gasteiger partial charge in [-0.25, -0.2) is 0 Å². The van der Waals surface area contributed by atoms with E-state index in [1.807, 2.05) is 19.1 Å². The van der Waals surface area contributed by atoms with Gasteiger partial charge in [-0.1, -0.05) is 12.2 Å². The second kappa shape index (κ2) is 6.45. The van der Waals surface area contributed by atoms with Crippen molar-refractivity contribution in [3.05, 3.63) is 35.4 Å². The van der Waals surface area contributed by atoms with Gasteiger partial charge in [0.25, 0.3) is 5.91 Å². The minimum Gasteiger partial charge on any atom is -0.376 e. The zero-order chi connectivity index (χ0) is 14.7. The molecule has 1 amide bonds. The van der Waals surface area contributed by atoms with E-state index >= 15 is 0 Å². The Morgan fingerprint density at radius 3 is 3.29 bits per heavy atom. The maximum atomic E-state index is 12.4. The Bertz CT molecular complexity index is 650. The van der Waals surface area contributed by atoms with E-state index in [0.29, 0.717) is 6.54 Å². The number of thiophene rings is 1. The van der Waals surface area contributed by atoms with Crippen molar-refractivity contribution in [2.24, 2.45) is 0 Å². The molecule has 1 unspecified atom stereocenters. The van der Waals surface area contributed by atoms with E-state index in [4.69, 9.17) is 4.74 Å². The van der Waals surface area contributed by atoms with Crippen LogP contribution >= 0.6 is 11.3 Å². The first-order chi connectivity index (χ1) is 10.3. The lowest BCUT2D eigenvalue weighted by Crippen LogP contribution is -2.33. The molecular weight excluding hydrogens is 284 g/mol. The number of allylic oxidation sites excluding steroid dienone is 2. The molecule has 1 atom stereocenters. The fraction of sp³-hybridized carbons (Fsp3) is 0.438. The fourth-order valence-corrected chi connectivity index (χ4v) is 3.50. The molecular formula is C16H20N2O2S. The van der Waals surface area contributed by atoms with Gasteiger partial charge < -0.3 is 14.6 Å². The highest BCUT2D eigenvalue weighted by molar-refractivity contribution is 7.17. The third kappa shape index (κ3) is 3.04. The van der Waals surface area contributed by atoms with E-state index in [-0.39, 0.29) is 12.0 Å². The predicted octanol–water partition coefficient (Wildman–Crippen LogP) is 3.19. The summed E-state index contributed by atoms with van der Waals surface area (Å²) in [6.07, 6.45) is 6.37. The first kappa shape index (κ1) is 14.4. The normalized spacial score (nSPS) is 18.8. The molecule has 5 heteroatoms. The molecule has 3 rings (SSSR count). The number of amides is 1. The van der Waals surface area contributed by atoms with Crippen LogP contribution < -0.4 is 5.32 Å². The number of hydrogen-bond acceptors (Lipinski definition) is 3. The topological polar surface area (TPSA) is 43.3 Å². The van der Waals surface area contributed by atoms with Crippen molar-refractivity contribution in [2.75, 3.05) is 13.2 Å². The molecule has 0 spiro atoms. The Morgan fingerprint density at radius 1 is 1.62 bits per heavy atom. The van der Waals surface area contributed by atoms with Gasteiger partial charge in [0.05, 0.1) is 16.3 Å². The van der Waals surface area contributed by atoms with Crippen LogP contribution in [0, 0.1) is 0 Å². The molecule has 2 aromatic rings. The largest absolute Gasteiger partial charge is 0.376 e. The fourth-order valence-electron chi connectivity index (χ4n) is 2.68. The summed E-state index contributed by atoms with van der Waals surface area (Å²) in [4.78, 5) is 12.4. The molecule has 0 aromatic carbocycles. The van der Waals surface area contributed by atoms with Gasteiger partial charge in [0.2, 0.25) is 0 Å². The summed E-state index contributed by atoms with van der Waals surface area (Å²) in [6, 6.07) is 4.05. The van der Waals surface area contributed by atoms with Crippen molar-refractivity contribution in [2.45, 2.75) is 32.4 Å². The molecule has 1 N–H and O–H groups in total. The number of carbonyl (C=O) groups excluding carboxylic acids is 1. The maximum absolute atomic E-state index is 12.4. The minimum absolute atomic E-state index is 0.0154. The number of fused-ring (bicyclic) bond motifs is 1. The van der Waals surface area contributed by atoms with Gasteiger partial charge in [-0.15, -0.1) is 11.3 Å². The molecule has 21 heavy (non-hydrogen) atoms. The molecule has 0 bridgehead atoms. The lowest BCUT2D eigenvalue weighted by atomic mass is 10.2. The Hall–Kier alpha value is -1.59. The van der Waals surface area contributed by atoms with Crippen molar-refractivity contribution >= 4 is 27.5 Å². The number of nitrogens with zero attached hydrogens (tertiary/aromatic N) is 1. The maximum Gasteiger partial charge on any atom is 0.268 e.